The highest BCUT2D eigenvalue weighted by Gasteiger charge is 2.28. The van der Waals surface area contributed by atoms with Crippen LogP contribution in [0.5, 0.6) is 0 Å². The lowest BCUT2D eigenvalue weighted by atomic mass is 9.81. The monoisotopic (exact) mass is 227 g/mol. The number of amides is 2. The quantitative estimate of drug-likeness (QED) is 0.690. The van der Waals surface area contributed by atoms with Crippen molar-refractivity contribution in [2.45, 2.75) is 25.7 Å². The maximum absolute atomic E-state index is 12.0. The molecule has 4 N–H and O–H groups in total. The Kier molecular flexibility index (Phi) is 4.73. The average molecular weight is 227 g/mol. The fraction of sp³-hybridized carbons (Fsp3) is 0.818. The summed E-state index contributed by atoms with van der Waals surface area (Å²) in [6.45, 7) is 0.645. The van der Waals surface area contributed by atoms with Gasteiger partial charge < -0.3 is 16.4 Å². The Morgan fingerprint density at radius 1 is 1.38 bits per heavy atom. The average Bonchev–Trinajstić information content (AvgIpc) is 2.27. The lowest BCUT2D eigenvalue weighted by Crippen LogP contribution is -2.40. The summed E-state index contributed by atoms with van der Waals surface area (Å²) in [6.07, 6.45) is 3.90. The van der Waals surface area contributed by atoms with Crippen molar-refractivity contribution in [3.8, 4) is 0 Å². The van der Waals surface area contributed by atoms with Crippen LogP contribution in [-0.4, -0.2) is 36.9 Å². The largest absolute Gasteiger partial charge is 0.368 e. The molecule has 5 nitrogen and oxygen atoms in total. The number of hydrogen-bond donors (Lipinski definition) is 2. The van der Waals surface area contributed by atoms with Gasteiger partial charge in [-0.05, 0) is 31.7 Å². The molecule has 0 heterocycles. The smallest absolute Gasteiger partial charge is 0.237 e. The second-order valence-corrected chi connectivity index (χ2v) is 4.63. The highest BCUT2D eigenvalue weighted by molar-refractivity contribution is 5.84. The SMILES string of the molecule is CN(CC(N)=O)C(=O)C1CCCC(CN)C1. The molecule has 0 aliphatic heterocycles. The normalized spacial score (nSPS) is 25.1. The number of carbonyl (C=O) groups is 2. The van der Waals surface area contributed by atoms with Gasteiger partial charge in [-0.2, -0.15) is 0 Å². The van der Waals surface area contributed by atoms with Crippen LogP contribution in [0.4, 0.5) is 0 Å². The number of hydrogen-bond acceptors (Lipinski definition) is 3. The lowest BCUT2D eigenvalue weighted by molar-refractivity contribution is -0.138. The number of nitrogens with zero attached hydrogens (tertiary/aromatic N) is 1. The first kappa shape index (κ1) is 13.0. The van der Waals surface area contributed by atoms with Crippen LogP contribution in [0.2, 0.25) is 0 Å². The van der Waals surface area contributed by atoms with Crippen LogP contribution >= 0.6 is 0 Å². The lowest BCUT2D eigenvalue weighted by Gasteiger charge is -2.30. The summed E-state index contributed by atoms with van der Waals surface area (Å²) in [4.78, 5) is 24.1. The molecule has 16 heavy (non-hydrogen) atoms. The number of carbonyl (C=O) groups excluding carboxylic acids is 2. The first-order valence-corrected chi connectivity index (χ1v) is 5.78. The van der Waals surface area contributed by atoms with E-state index in [1.165, 1.54) is 4.90 Å². The van der Waals surface area contributed by atoms with Gasteiger partial charge in [0.05, 0.1) is 6.54 Å². The van der Waals surface area contributed by atoms with Gasteiger partial charge in [-0.25, -0.2) is 0 Å². The van der Waals surface area contributed by atoms with Crippen molar-refractivity contribution in [2.24, 2.45) is 23.3 Å². The van der Waals surface area contributed by atoms with Gasteiger partial charge in [0, 0.05) is 13.0 Å². The molecule has 92 valence electrons. The van der Waals surface area contributed by atoms with Crippen LogP contribution in [0.25, 0.3) is 0 Å². The Hall–Kier alpha value is -1.10. The Bertz CT molecular complexity index is 268. The third-order valence-corrected chi connectivity index (χ3v) is 3.23. The molecule has 2 amide bonds. The molecule has 1 saturated carbocycles. The molecule has 0 aromatic carbocycles. The molecule has 1 rings (SSSR count). The molecular weight excluding hydrogens is 206 g/mol. The number of nitrogens with two attached hydrogens (primary N) is 2. The predicted octanol–water partition coefficient (Wildman–Crippen LogP) is -0.305. The van der Waals surface area contributed by atoms with Crippen molar-refractivity contribution in [3.05, 3.63) is 0 Å². The van der Waals surface area contributed by atoms with Crippen molar-refractivity contribution in [2.75, 3.05) is 20.1 Å². The third kappa shape index (κ3) is 3.48. The number of likely N-dealkylation sites (N-methyl/N-ethyl adjacent to an activating group) is 1. The van der Waals surface area contributed by atoms with Gasteiger partial charge >= 0.3 is 0 Å². The molecule has 2 unspecified atom stereocenters. The van der Waals surface area contributed by atoms with Gasteiger partial charge in [0.2, 0.25) is 11.8 Å². The zero-order valence-corrected chi connectivity index (χ0v) is 9.82. The first-order chi connectivity index (χ1) is 7.54. The van der Waals surface area contributed by atoms with E-state index in [9.17, 15) is 9.59 Å². The Morgan fingerprint density at radius 3 is 2.62 bits per heavy atom. The fourth-order valence-electron chi connectivity index (χ4n) is 2.35. The Labute approximate surface area is 96.1 Å². The zero-order chi connectivity index (χ0) is 12.1. The molecular formula is C11H21N3O2. The van der Waals surface area contributed by atoms with Crippen LogP contribution in [0.3, 0.4) is 0 Å². The number of rotatable bonds is 4. The minimum absolute atomic E-state index is 0.00260. The van der Waals surface area contributed by atoms with E-state index in [1.54, 1.807) is 7.05 Å². The van der Waals surface area contributed by atoms with E-state index in [0.29, 0.717) is 12.5 Å². The summed E-state index contributed by atoms with van der Waals surface area (Å²) in [5.41, 5.74) is 10.7. The summed E-state index contributed by atoms with van der Waals surface area (Å²) in [6, 6.07) is 0. The van der Waals surface area contributed by atoms with Gasteiger partial charge in [0.25, 0.3) is 0 Å². The van der Waals surface area contributed by atoms with Crippen molar-refractivity contribution in [3.63, 3.8) is 0 Å². The highest BCUT2D eigenvalue weighted by Crippen LogP contribution is 2.29. The van der Waals surface area contributed by atoms with Crippen molar-refractivity contribution < 1.29 is 9.59 Å². The van der Waals surface area contributed by atoms with E-state index in [-0.39, 0.29) is 18.4 Å². The summed E-state index contributed by atoms with van der Waals surface area (Å²) >= 11 is 0. The van der Waals surface area contributed by atoms with Crippen LogP contribution < -0.4 is 11.5 Å². The van der Waals surface area contributed by atoms with Crippen LogP contribution in [0.1, 0.15) is 25.7 Å². The maximum atomic E-state index is 12.0. The molecule has 0 saturated heterocycles. The van der Waals surface area contributed by atoms with Crippen LogP contribution in [0, 0.1) is 11.8 Å². The van der Waals surface area contributed by atoms with Crippen LogP contribution in [-0.2, 0) is 9.59 Å². The summed E-state index contributed by atoms with van der Waals surface area (Å²) in [7, 11) is 1.62. The predicted molar refractivity (Wildman–Crippen MR) is 61.3 cm³/mol. The molecule has 0 aromatic heterocycles. The molecule has 0 aromatic rings. The highest BCUT2D eigenvalue weighted by atomic mass is 16.2. The molecule has 2 atom stereocenters. The van der Waals surface area contributed by atoms with E-state index in [0.717, 1.165) is 25.7 Å². The maximum Gasteiger partial charge on any atom is 0.237 e. The van der Waals surface area contributed by atoms with Crippen molar-refractivity contribution >= 4 is 11.8 Å². The van der Waals surface area contributed by atoms with Crippen molar-refractivity contribution in [1.82, 2.24) is 4.90 Å². The fourth-order valence-corrected chi connectivity index (χ4v) is 2.35. The zero-order valence-electron chi connectivity index (χ0n) is 9.82. The summed E-state index contributed by atoms with van der Waals surface area (Å²) in [5.74, 6) is 0.0234. The summed E-state index contributed by atoms with van der Waals surface area (Å²) in [5, 5.41) is 0. The van der Waals surface area contributed by atoms with Gasteiger partial charge in [0.1, 0.15) is 0 Å². The van der Waals surface area contributed by atoms with E-state index in [1.807, 2.05) is 0 Å². The van der Waals surface area contributed by atoms with Gasteiger partial charge in [-0.1, -0.05) is 6.42 Å². The molecule has 5 heteroatoms. The molecule has 1 aliphatic rings. The topological polar surface area (TPSA) is 89.4 Å². The van der Waals surface area contributed by atoms with E-state index >= 15 is 0 Å². The minimum atomic E-state index is -0.470. The van der Waals surface area contributed by atoms with Crippen LogP contribution in [0.15, 0.2) is 0 Å². The standard InChI is InChI=1S/C11H21N3O2/c1-14(7-10(13)15)11(16)9-4-2-3-8(5-9)6-12/h8-9H,2-7,12H2,1H3,(H2,13,15). The Morgan fingerprint density at radius 2 is 2.06 bits per heavy atom. The van der Waals surface area contributed by atoms with Crippen molar-refractivity contribution in [1.29, 1.82) is 0 Å². The molecule has 0 radical (unpaired) electrons. The van der Waals surface area contributed by atoms with E-state index in [2.05, 4.69) is 0 Å². The minimum Gasteiger partial charge on any atom is -0.368 e. The van der Waals surface area contributed by atoms with Gasteiger partial charge in [-0.15, -0.1) is 0 Å². The molecule has 0 spiro atoms. The molecule has 1 fully saturated rings. The van der Waals surface area contributed by atoms with Gasteiger partial charge in [0.15, 0.2) is 0 Å². The molecule has 0 bridgehead atoms. The van der Waals surface area contributed by atoms with Gasteiger partial charge in [-0.3, -0.25) is 9.59 Å². The second kappa shape index (κ2) is 5.84. The summed E-state index contributed by atoms with van der Waals surface area (Å²) < 4.78 is 0. The second-order valence-electron chi connectivity index (χ2n) is 4.63. The number of primary amides is 1. The molecule has 1 aliphatic carbocycles. The Balaban J connectivity index is 2.49. The van der Waals surface area contributed by atoms with E-state index < -0.39 is 5.91 Å². The van der Waals surface area contributed by atoms with E-state index in [4.69, 9.17) is 11.5 Å². The third-order valence-electron chi connectivity index (χ3n) is 3.23. The first-order valence-electron chi connectivity index (χ1n) is 5.78.